The lowest BCUT2D eigenvalue weighted by Crippen LogP contribution is -2.05. The van der Waals surface area contributed by atoms with Gasteiger partial charge in [0.1, 0.15) is 0 Å². The zero-order valence-corrected chi connectivity index (χ0v) is 9.01. The summed E-state index contributed by atoms with van der Waals surface area (Å²) in [5.74, 6) is -0.797. The predicted octanol–water partition coefficient (Wildman–Crippen LogP) is 2.56. The van der Waals surface area contributed by atoms with Gasteiger partial charge in [0, 0.05) is 5.88 Å². The van der Waals surface area contributed by atoms with Crippen molar-refractivity contribution in [1.29, 1.82) is 5.26 Å². The summed E-state index contributed by atoms with van der Waals surface area (Å²) in [5.41, 5.74) is 1.93. The van der Waals surface area contributed by atoms with Gasteiger partial charge in [-0.3, -0.25) is 0 Å². The van der Waals surface area contributed by atoms with Gasteiger partial charge >= 0.3 is 5.97 Å². The van der Waals surface area contributed by atoms with Crippen molar-refractivity contribution in [3.63, 3.8) is 0 Å². The Morgan fingerprint density at radius 1 is 1.60 bits per heavy atom. The molecule has 1 N–H and O–H groups in total. The first-order chi connectivity index (χ1) is 7.13. The van der Waals surface area contributed by atoms with Crippen LogP contribution < -0.4 is 0 Å². The maximum absolute atomic E-state index is 11.0. The largest absolute Gasteiger partial charge is 0.478 e. The molecular formula is C11H10ClNO2. The fourth-order valence-electron chi connectivity index (χ4n) is 1.52. The molecule has 1 rings (SSSR count). The summed E-state index contributed by atoms with van der Waals surface area (Å²) in [5, 5.41) is 17.7. The number of nitrogens with zero attached hydrogens (tertiary/aromatic N) is 1. The van der Waals surface area contributed by atoms with Crippen LogP contribution in [-0.2, 0) is 12.3 Å². The number of carbonyl (C=O) groups is 1. The minimum atomic E-state index is -1.02. The first kappa shape index (κ1) is 11.5. The third kappa shape index (κ3) is 2.28. The second-order valence-corrected chi connectivity index (χ2v) is 3.33. The van der Waals surface area contributed by atoms with Crippen molar-refractivity contribution >= 4 is 17.6 Å². The number of aromatic carboxylic acids is 1. The number of hydrogen-bond acceptors (Lipinski definition) is 2. The molecule has 4 heteroatoms. The van der Waals surface area contributed by atoms with Crippen molar-refractivity contribution in [2.45, 2.75) is 19.2 Å². The molecule has 0 aliphatic rings. The molecule has 0 aliphatic carbocycles. The molecule has 3 nitrogen and oxygen atoms in total. The second kappa shape index (κ2) is 4.81. The molecule has 0 aliphatic heterocycles. The maximum Gasteiger partial charge on any atom is 0.336 e. The lowest BCUT2D eigenvalue weighted by atomic mass is 9.97. The number of nitriles is 1. The SMILES string of the molecule is CCc1c(CCl)cc(C#N)cc1C(=O)O. The molecule has 0 atom stereocenters. The second-order valence-electron chi connectivity index (χ2n) is 3.07. The van der Waals surface area contributed by atoms with Crippen molar-refractivity contribution in [1.82, 2.24) is 0 Å². The minimum absolute atomic E-state index is 0.173. The summed E-state index contributed by atoms with van der Waals surface area (Å²) in [6.45, 7) is 1.86. The molecule has 0 bridgehead atoms. The number of carboxylic acid groups (broad SMARTS) is 1. The van der Waals surface area contributed by atoms with E-state index >= 15 is 0 Å². The summed E-state index contributed by atoms with van der Waals surface area (Å²) in [7, 11) is 0. The highest BCUT2D eigenvalue weighted by atomic mass is 35.5. The van der Waals surface area contributed by atoms with Gasteiger partial charge < -0.3 is 5.11 Å². The highest BCUT2D eigenvalue weighted by Gasteiger charge is 2.14. The van der Waals surface area contributed by atoms with Crippen molar-refractivity contribution < 1.29 is 9.90 Å². The summed E-state index contributed by atoms with van der Waals surface area (Å²) in [6, 6.07) is 4.95. The first-order valence-electron chi connectivity index (χ1n) is 4.49. The number of rotatable bonds is 3. The van der Waals surface area contributed by atoms with Gasteiger partial charge in [0.15, 0.2) is 0 Å². The van der Waals surface area contributed by atoms with E-state index in [0.29, 0.717) is 17.5 Å². The standard InChI is InChI=1S/C11H10ClNO2/c1-2-9-8(5-12)3-7(6-13)4-10(9)11(14)15/h3-4H,2,5H2,1H3,(H,14,15). The summed E-state index contributed by atoms with van der Waals surface area (Å²) >= 11 is 5.71. The van der Waals surface area contributed by atoms with Crippen LogP contribution in [0.15, 0.2) is 12.1 Å². The molecule has 0 spiro atoms. The molecule has 78 valence electrons. The van der Waals surface area contributed by atoms with Crippen molar-refractivity contribution in [2.24, 2.45) is 0 Å². The quantitative estimate of drug-likeness (QED) is 0.801. The van der Waals surface area contributed by atoms with E-state index in [1.165, 1.54) is 6.07 Å². The molecule has 15 heavy (non-hydrogen) atoms. The zero-order valence-electron chi connectivity index (χ0n) is 8.25. The van der Waals surface area contributed by atoms with E-state index in [2.05, 4.69) is 0 Å². The summed E-state index contributed by atoms with van der Waals surface area (Å²) < 4.78 is 0. The Labute approximate surface area is 92.9 Å². The van der Waals surface area contributed by atoms with Gasteiger partial charge in [-0.05, 0) is 29.7 Å². The van der Waals surface area contributed by atoms with Gasteiger partial charge in [-0.15, -0.1) is 11.6 Å². The van der Waals surface area contributed by atoms with Crippen LogP contribution in [0.25, 0.3) is 0 Å². The van der Waals surface area contributed by atoms with E-state index < -0.39 is 5.97 Å². The fourth-order valence-corrected chi connectivity index (χ4v) is 1.76. The normalized spacial score (nSPS) is 9.67. The molecule has 0 amide bonds. The molecular weight excluding hydrogens is 214 g/mol. The smallest absolute Gasteiger partial charge is 0.336 e. The number of alkyl halides is 1. The van der Waals surface area contributed by atoms with Gasteiger partial charge in [0.05, 0.1) is 17.2 Å². The van der Waals surface area contributed by atoms with E-state index in [0.717, 1.165) is 5.56 Å². The molecule has 0 aromatic heterocycles. The van der Waals surface area contributed by atoms with Crippen LogP contribution in [0.2, 0.25) is 0 Å². The molecule has 0 fully saturated rings. The first-order valence-corrected chi connectivity index (χ1v) is 5.02. The van der Waals surface area contributed by atoms with Gasteiger partial charge in [0.25, 0.3) is 0 Å². The van der Waals surface area contributed by atoms with Crippen LogP contribution in [0.5, 0.6) is 0 Å². The van der Waals surface area contributed by atoms with E-state index in [1.54, 1.807) is 6.07 Å². The number of benzene rings is 1. The average molecular weight is 224 g/mol. The van der Waals surface area contributed by atoms with E-state index in [4.69, 9.17) is 22.0 Å². The molecule has 0 heterocycles. The predicted molar refractivity (Wildman–Crippen MR) is 57.1 cm³/mol. The monoisotopic (exact) mass is 223 g/mol. The van der Waals surface area contributed by atoms with Gasteiger partial charge in [-0.25, -0.2) is 4.79 Å². The highest BCUT2D eigenvalue weighted by Crippen LogP contribution is 2.20. The van der Waals surface area contributed by atoms with Crippen LogP contribution >= 0.6 is 11.6 Å². The van der Waals surface area contributed by atoms with E-state index in [-0.39, 0.29) is 11.4 Å². The molecule has 1 aromatic rings. The Morgan fingerprint density at radius 2 is 2.27 bits per heavy atom. The third-order valence-electron chi connectivity index (χ3n) is 2.20. The summed E-state index contributed by atoms with van der Waals surface area (Å²) in [4.78, 5) is 11.0. The van der Waals surface area contributed by atoms with E-state index in [1.807, 2.05) is 13.0 Å². The Morgan fingerprint density at radius 3 is 2.67 bits per heavy atom. The Balaban J connectivity index is 3.47. The Hall–Kier alpha value is -1.53. The average Bonchev–Trinajstić information content (AvgIpc) is 2.26. The van der Waals surface area contributed by atoms with Crippen LogP contribution in [0, 0.1) is 11.3 Å². The summed E-state index contributed by atoms with van der Waals surface area (Å²) in [6.07, 6.45) is 0.593. The maximum atomic E-state index is 11.0. The molecule has 0 unspecified atom stereocenters. The highest BCUT2D eigenvalue weighted by molar-refractivity contribution is 6.17. The van der Waals surface area contributed by atoms with Crippen LogP contribution in [0.4, 0.5) is 0 Å². The van der Waals surface area contributed by atoms with Crippen LogP contribution in [0.3, 0.4) is 0 Å². The lowest BCUT2D eigenvalue weighted by molar-refractivity contribution is 0.0695. The lowest BCUT2D eigenvalue weighted by Gasteiger charge is -2.09. The number of halogens is 1. The van der Waals surface area contributed by atoms with E-state index in [9.17, 15) is 4.79 Å². The topological polar surface area (TPSA) is 61.1 Å². The zero-order chi connectivity index (χ0) is 11.4. The Bertz CT molecular complexity index is 435. The van der Waals surface area contributed by atoms with Gasteiger partial charge in [-0.1, -0.05) is 6.92 Å². The fraction of sp³-hybridized carbons (Fsp3) is 0.273. The van der Waals surface area contributed by atoms with Crippen molar-refractivity contribution in [3.8, 4) is 6.07 Å². The van der Waals surface area contributed by atoms with Crippen LogP contribution in [-0.4, -0.2) is 11.1 Å². The molecule has 0 saturated heterocycles. The van der Waals surface area contributed by atoms with Crippen molar-refractivity contribution in [2.75, 3.05) is 0 Å². The molecule has 0 radical (unpaired) electrons. The molecule has 1 aromatic carbocycles. The minimum Gasteiger partial charge on any atom is -0.478 e. The number of hydrogen-bond donors (Lipinski definition) is 1. The Kier molecular flexibility index (Phi) is 3.70. The van der Waals surface area contributed by atoms with Crippen molar-refractivity contribution in [3.05, 3.63) is 34.4 Å². The van der Waals surface area contributed by atoms with Gasteiger partial charge in [0.2, 0.25) is 0 Å². The number of carboxylic acids is 1. The molecule has 0 saturated carbocycles. The third-order valence-corrected chi connectivity index (χ3v) is 2.49. The van der Waals surface area contributed by atoms with Gasteiger partial charge in [-0.2, -0.15) is 5.26 Å². The van der Waals surface area contributed by atoms with Crippen LogP contribution in [0.1, 0.15) is 34.0 Å².